The SMILES string of the molecule is I[C]12[CH]3[CH]4[CH]5[CH]1[Fe]45321678[CH]2[CH]1[CH]6[C]7(c1ccccc1)[CH]28. The Kier molecular flexibility index (Phi) is 0.229. The summed E-state index contributed by atoms with van der Waals surface area (Å²) in [4.78, 5) is 11.3. The van der Waals surface area contributed by atoms with Gasteiger partial charge in [-0.25, -0.2) is 0 Å². The van der Waals surface area contributed by atoms with E-state index < -0.39 is 6.51 Å². The van der Waals surface area contributed by atoms with E-state index in [4.69, 9.17) is 0 Å². The summed E-state index contributed by atoms with van der Waals surface area (Å²) in [5.74, 6) is 0. The van der Waals surface area contributed by atoms with Crippen molar-refractivity contribution < 1.29 is 6.51 Å². The van der Waals surface area contributed by atoms with Crippen molar-refractivity contribution in [1.29, 1.82) is 0 Å². The Bertz CT molecular complexity index is 1180. The molecule has 10 aliphatic rings. The van der Waals surface area contributed by atoms with E-state index in [-0.39, 0.29) is 0 Å². The molecule has 10 aliphatic heterocycles. The molecule has 10 saturated heterocycles. The van der Waals surface area contributed by atoms with Gasteiger partial charge >= 0.3 is 110 Å². The van der Waals surface area contributed by atoms with Gasteiger partial charge in [-0.2, -0.15) is 0 Å². The van der Waals surface area contributed by atoms with Crippen molar-refractivity contribution in [2.45, 2.75) is 45.2 Å². The van der Waals surface area contributed by atoms with E-state index in [0.29, 0.717) is 0 Å². The quantitative estimate of drug-likeness (QED) is 0.368. The number of hydrogen-bond acceptors (Lipinski definition) is 0. The van der Waals surface area contributed by atoms with E-state index >= 15 is 0 Å². The fourth-order valence-electron chi connectivity index (χ4n) is 17.7. The van der Waals surface area contributed by atoms with Gasteiger partial charge in [-0.3, -0.25) is 0 Å². The summed E-state index contributed by atoms with van der Waals surface area (Å²) in [6, 6.07) is 12.0. The Morgan fingerprint density at radius 2 is 1.39 bits per heavy atom. The van der Waals surface area contributed by atoms with Crippen LogP contribution in [0.25, 0.3) is 0 Å². The third-order valence-corrected chi connectivity index (χ3v) is 68.5. The van der Waals surface area contributed by atoms with Gasteiger partial charge < -0.3 is 0 Å². The Morgan fingerprint density at radius 1 is 0.833 bits per heavy atom. The van der Waals surface area contributed by atoms with Crippen molar-refractivity contribution in [3.05, 3.63) is 35.9 Å². The Morgan fingerprint density at radius 3 is 1.72 bits per heavy atom. The normalized spacial score (nSPS) is 117. The second-order valence-corrected chi connectivity index (χ2v) is 37.0. The molecule has 0 nitrogen and oxygen atoms in total. The summed E-state index contributed by atoms with van der Waals surface area (Å²) in [6.07, 6.45) is 0. The zero-order valence-electron chi connectivity index (χ0n) is 9.74. The summed E-state index contributed by atoms with van der Waals surface area (Å²) in [7, 11) is 0. The maximum absolute atomic E-state index is 3.10. The van der Waals surface area contributed by atoms with Crippen molar-refractivity contribution in [3.8, 4) is 0 Å². The van der Waals surface area contributed by atoms with Crippen LogP contribution >= 0.6 is 22.6 Å². The van der Waals surface area contributed by atoms with E-state index in [9.17, 15) is 0 Å². The van der Waals surface area contributed by atoms with E-state index in [1.165, 1.54) is 38.5 Å². The third kappa shape index (κ3) is 0.0682. The molecule has 8 atom stereocenters. The summed E-state index contributed by atoms with van der Waals surface area (Å²) in [5, 5.41) is 0. The first kappa shape index (κ1) is 6.95. The van der Waals surface area contributed by atoms with Crippen molar-refractivity contribution in [2.24, 2.45) is 0 Å². The number of alkyl halides is 1. The molecule has 11 rings (SSSR count). The molecule has 10 fully saturated rings. The minimum absolute atomic E-state index is 0.941. The van der Waals surface area contributed by atoms with Crippen LogP contribution in [0.1, 0.15) is 5.56 Å². The first-order valence-electron chi connectivity index (χ1n) is 7.49. The zero-order valence-corrected chi connectivity index (χ0v) is 13.0. The fraction of sp³-hybridized carbons (Fsp3) is 0.625. The second-order valence-electron chi connectivity index (χ2n) is 11.0. The van der Waals surface area contributed by atoms with Crippen molar-refractivity contribution in [3.63, 3.8) is 0 Å². The minimum atomic E-state index is -2.99. The first-order valence-corrected chi connectivity index (χ1v) is 14.8. The van der Waals surface area contributed by atoms with Gasteiger partial charge in [0.1, 0.15) is 0 Å². The zero-order chi connectivity index (χ0) is 11.0. The van der Waals surface area contributed by atoms with Crippen LogP contribution in [0.4, 0.5) is 0 Å². The van der Waals surface area contributed by atoms with Crippen LogP contribution < -0.4 is 0 Å². The standard InChI is InChI=1S/C11H9.C5H4I.Fe/c1-2-6-10(7-3-1)11-8-4-5-9-11;6-5-3-1-2-4-5;/h1-9H;1-4H;. The molecule has 92 valence electrons. The van der Waals surface area contributed by atoms with Crippen LogP contribution in [0.5, 0.6) is 0 Å². The topological polar surface area (TPSA) is 0 Å². The third-order valence-electron chi connectivity index (χ3n) is 15.9. The van der Waals surface area contributed by atoms with Crippen molar-refractivity contribution in [1.82, 2.24) is 0 Å². The molecule has 0 aromatic heterocycles. The predicted molar refractivity (Wildman–Crippen MR) is 74.9 cm³/mol. The summed E-state index contributed by atoms with van der Waals surface area (Å²) < 4.78 is 1.97. The molecule has 0 amide bonds. The Balaban J connectivity index is 1.64. The van der Waals surface area contributed by atoms with Crippen LogP contribution in [-0.4, -0.2) is 2.32 Å². The number of rotatable bonds is 1. The monoisotopic (exact) mass is 388 g/mol. The number of fused-ring (bicyclic) bond motifs is 10. The average Bonchev–Trinajstić information content (AvgIpc) is 3.34. The molecular formula is C16H13FeI. The molecule has 0 aliphatic carbocycles. The molecule has 1 aromatic rings. The van der Waals surface area contributed by atoms with Crippen LogP contribution in [0.2, 0.25) is 38.5 Å². The van der Waals surface area contributed by atoms with Gasteiger partial charge in [0.25, 0.3) is 0 Å². The molecule has 10 heterocycles. The number of halogens is 1. The molecule has 0 radical (unpaired) electrons. The van der Waals surface area contributed by atoms with Crippen LogP contribution in [-0.2, 0) is 10.8 Å². The molecule has 1 aromatic carbocycles. The Hall–Kier alpha value is 0.469. The fourth-order valence-corrected chi connectivity index (χ4v) is 110. The van der Waals surface area contributed by atoms with Crippen molar-refractivity contribution in [2.75, 3.05) is 0 Å². The van der Waals surface area contributed by atoms with E-state index in [0.717, 1.165) is 6.63 Å². The molecule has 0 bridgehead atoms. The Labute approximate surface area is 109 Å². The number of hydrogen-bond donors (Lipinski definition) is 0. The summed E-state index contributed by atoms with van der Waals surface area (Å²) in [5.41, 5.74) is 1.87. The van der Waals surface area contributed by atoms with Crippen LogP contribution in [0, 0.1) is 0 Å². The summed E-state index contributed by atoms with van der Waals surface area (Å²) >= 11 is 3.10. The van der Waals surface area contributed by atoms with Gasteiger partial charge in [0.15, 0.2) is 0 Å². The molecule has 0 saturated carbocycles. The van der Waals surface area contributed by atoms with Gasteiger partial charge in [0, 0.05) is 0 Å². The van der Waals surface area contributed by atoms with Gasteiger partial charge in [-0.05, 0) is 0 Å². The molecule has 1 spiro atoms. The van der Waals surface area contributed by atoms with E-state index in [1.54, 1.807) is 0 Å². The maximum atomic E-state index is 3.10. The van der Waals surface area contributed by atoms with E-state index in [1.807, 2.05) is 5.56 Å². The van der Waals surface area contributed by atoms with Gasteiger partial charge in [-0.1, -0.05) is 0 Å². The van der Waals surface area contributed by atoms with E-state index in [2.05, 4.69) is 52.9 Å². The number of benzene rings is 1. The molecule has 2 heteroatoms. The predicted octanol–water partition coefficient (Wildman–Crippen LogP) is 4.83. The molecule has 0 N–H and O–H groups in total. The first-order chi connectivity index (χ1) is 8.54. The second kappa shape index (κ2) is 0.592. The molecule has 8 unspecified atom stereocenters. The van der Waals surface area contributed by atoms with Crippen LogP contribution in [0.3, 0.4) is 0 Å². The van der Waals surface area contributed by atoms with Gasteiger partial charge in [-0.15, -0.1) is 0 Å². The van der Waals surface area contributed by atoms with Gasteiger partial charge in [0.2, 0.25) is 0 Å². The van der Waals surface area contributed by atoms with Crippen molar-refractivity contribution >= 4 is 22.6 Å². The van der Waals surface area contributed by atoms with Crippen LogP contribution in [0.15, 0.2) is 30.3 Å². The summed E-state index contributed by atoms with van der Waals surface area (Å²) in [6.45, 7) is -2.99. The molecule has 18 heavy (non-hydrogen) atoms. The van der Waals surface area contributed by atoms with Gasteiger partial charge in [0.05, 0.1) is 0 Å². The molecular weight excluding hydrogens is 375 g/mol. The average molecular weight is 388 g/mol.